The number of carbonyl (C=O) groups excluding carboxylic acids is 1. The molecule has 0 N–H and O–H groups in total. The van der Waals surface area contributed by atoms with E-state index in [9.17, 15) is 4.79 Å². The summed E-state index contributed by atoms with van der Waals surface area (Å²) in [6, 6.07) is 0. The van der Waals surface area contributed by atoms with E-state index in [2.05, 4.69) is 11.7 Å². The third-order valence-corrected chi connectivity index (χ3v) is 5.16. The molecule has 0 aromatic rings. The Kier molecular flexibility index (Phi) is 12.5. The normalized spacial score (nSPS) is 10.3. The van der Waals surface area contributed by atoms with Gasteiger partial charge in [-0.2, -0.15) is 0 Å². The van der Waals surface area contributed by atoms with Crippen LogP contribution in [0.25, 0.3) is 0 Å². The molecule has 3 heteroatoms. The van der Waals surface area contributed by atoms with Crippen molar-refractivity contribution >= 4 is 26.9 Å². The van der Waals surface area contributed by atoms with E-state index in [4.69, 9.17) is 0 Å². The second-order valence-electron chi connectivity index (χ2n) is 3.64. The third kappa shape index (κ3) is 12.2. The van der Waals surface area contributed by atoms with Crippen molar-refractivity contribution in [3.8, 4) is 0 Å². The van der Waals surface area contributed by atoms with Gasteiger partial charge in [0, 0.05) is 0 Å². The molecule has 0 aliphatic carbocycles. The van der Waals surface area contributed by atoms with E-state index in [1.807, 2.05) is 0 Å². The minimum absolute atomic E-state index is 0.0661. The first-order chi connectivity index (χ1) is 7.31. The Morgan fingerprint density at radius 3 is 2.27 bits per heavy atom. The molecule has 0 rings (SSSR count). The number of hydrogen-bond donors (Lipinski definition) is 0. The number of ether oxygens (including phenoxy) is 1. The molecule has 2 nitrogen and oxygen atoms in total. The Labute approximate surface area is 104 Å². The molecule has 90 valence electrons. The number of methoxy groups -OCH3 is 1. The van der Waals surface area contributed by atoms with E-state index < -0.39 is 0 Å². The summed E-state index contributed by atoms with van der Waals surface area (Å²) in [5, 5.41) is 0. The van der Waals surface area contributed by atoms with Crippen LogP contribution in [0.15, 0.2) is 0 Å². The van der Waals surface area contributed by atoms with Gasteiger partial charge in [-0.15, -0.1) is 0 Å². The van der Waals surface area contributed by atoms with Gasteiger partial charge in [-0.1, -0.05) is 0 Å². The quantitative estimate of drug-likeness (QED) is 0.349. The van der Waals surface area contributed by atoms with Crippen LogP contribution in [0, 0.1) is 0 Å². The molecule has 0 fully saturated rings. The van der Waals surface area contributed by atoms with Crippen molar-refractivity contribution in [2.24, 2.45) is 0 Å². The second kappa shape index (κ2) is 12.3. The van der Waals surface area contributed by atoms with Crippen LogP contribution in [0.1, 0.15) is 51.9 Å². The van der Waals surface area contributed by atoms with Crippen molar-refractivity contribution in [1.82, 2.24) is 0 Å². The molecular formula is C12H24O2Te. The first kappa shape index (κ1) is 15.3. The van der Waals surface area contributed by atoms with E-state index in [-0.39, 0.29) is 5.97 Å². The molecule has 0 saturated heterocycles. The fourth-order valence-corrected chi connectivity index (χ4v) is 3.42. The van der Waals surface area contributed by atoms with Gasteiger partial charge in [0.05, 0.1) is 0 Å². The van der Waals surface area contributed by atoms with Gasteiger partial charge in [-0.25, -0.2) is 0 Å². The van der Waals surface area contributed by atoms with Crippen molar-refractivity contribution in [3.63, 3.8) is 0 Å². The Morgan fingerprint density at radius 1 is 1.07 bits per heavy atom. The third-order valence-electron chi connectivity index (χ3n) is 2.35. The van der Waals surface area contributed by atoms with Crippen molar-refractivity contribution in [1.29, 1.82) is 0 Å². The van der Waals surface area contributed by atoms with Crippen LogP contribution in [0.4, 0.5) is 0 Å². The predicted octanol–water partition coefficient (Wildman–Crippen LogP) is 3.45. The SMILES string of the molecule is CC[Te]CCCCCCCCC(=O)OC. The topological polar surface area (TPSA) is 26.3 Å². The Bertz CT molecular complexity index is 149. The molecule has 0 aliphatic heterocycles. The molecule has 0 amide bonds. The monoisotopic (exact) mass is 330 g/mol. The molecule has 0 aliphatic rings. The minimum atomic E-state index is -0.0661. The van der Waals surface area contributed by atoms with Crippen LogP contribution >= 0.6 is 0 Å². The van der Waals surface area contributed by atoms with Gasteiger partial charge < -0.3 is 0 Å². The van der Waals surface area contributed by atoms with Gasteiger partial charge in [-0.05, 0) is 0 Å². The Hall–Kier alpha value is 0.260. The van der Waals surface area contributed by atoms with Crippen molar-refractivity contribution in [3.05, 3.63) is 0 Å². The molecule has 0 spiro atoms. The first-order valence-electron chi connectivity index (χ1n) is 5.95. The summed E-state index contributed by atoms with van der Waals surface area (Å²) in [7, 11) is 1.46. The summed E-state index contributed by atoms with van der Waals surface area (Å²) in [5.74, 6) is -0.0661. The molecule has 0 atom stereocenters. The zero-order valence-corrected chi connectivity index (χ0v) is 12.4. The van der Waals surface area contributed by atoms with E-state index >= 15 is 0 Å². The number of rotatable bonds is 10. The molecule has 0 radical (unpaired) electrons. The molecule has 0 aromatic carbocycles. The molecule has 0 aromatic heterocycles. The summed E-state index contributed by atoms with van der Waals surface area (Å²) in [6.07, 6.45) is 8.23. The van der Waals surface area contributed by atoms with Crippen LogP contribution in [0.5, 0.6) is 0 Å². The zero-order valence-electron chi connectivity index (χ0n) is 10.1. The summed E-state index contributed by atoms with van der Waals surface area (Å²) >= 11 is 0.371. The van der Waals surface area contributed by atoms with Crippen LogP contribution in [-0.4, -0.2) is 34.0 Å². The van der Waals surface area contributed by atoms with Crippen LogP contribution < -0.4 is 0 Å². The number of carbonyl (C=O) groups is 1. The van der Waals surface area contributed by atoms with Gasteiger partial charge in [0.25, 0.3) is 0 Å². The van der Waals surface area contributed by atoms with Crippen LogP contribution in [0.2, 0.25) is 8.94 Å². The number of unbranched alkanes of at least 4 members (excludes halogenated alkanes) is 5. The summed E-state index contributed by atoms with van der Waals surface area (Å²) < 4.78 is 7.55. The molecule has 0 saturated carbocycles. The fraction of sp³-hybridized carbons (Fsp3) is 0.917. The van der Waals surface area contributed by atoms with E-state index in [1.54, 1.807) is 0 Å². The first-order valence-corrected chi connectivity index (χ1v) is 9.25. The van der Waals surface area contributed by atoms with Gasteiger partial charge in [0.15, 0.2) is 0 Å². The van der Waals surface area contributed by atoms with Crippen molar-refractivity contribution in [2.45, 2.75) is 60.8 Å². The second-order valence-corrected chi connectivity index (χ2v) is 7.62. The Morgan fingerprint density at radius 2 is 1.67 bits per heavy atom. The van der Waals surface area contributed by atoms with Gasteiger partial charge in [-0.3, -0.25) is 0 Å². The molecular weight excluding hydrogens is 304 g/mol. The molecule has 15 heavy (non-hydrogen) atoms. The van der Waals surface area contributed by atoms with E-state index in [0.717, 1.165) is 6.42 Å². The average molecular weight is 328 g/mol. The van der Waals surface area contributed by atoms with E-state index in [1.165, 1.54) is 48.2 Å². The standard InChI is InChI=1S/C12H24O2Te/c1-3-15-11-9-7-5-4-6-8-10-12(13)14-2/h3-11H2,1-2H3. The maximum atomic E-state index is 10.8. The van der Waals surface area contributed by atoms with Crippen LogP contribution in [0.3, 0.4) is 0 Å². The number of esters is 1. The van der Waals surface area contributed by atoms with Gasteiger partial charge in [0.1, 0.15) is 0 Å². The zero-order chi connectivity index (χ0) is 11.4. The summed E-state index contributed by atoms with van der Waals surface area (Å²) in [4.78, 5) is 10.8. The van der Waals surface area contributed by atoms with Gasteiger partial charge >= 0.3 is 104 Å². The van der Waals surface area contributed by atoms with E-state index in [0.29, 0.717) is 27.3 Å². The van der Waals surface area contributed by atoms with Crippen molar-refractivity contribution in [2.75, 3.05) is 7.11 Å². The molecule has 0 unspecified atom stereocenters. The number of hydrogen-bond acceptors (Lipinski definition) is 2. The Balaban J connectivity index is 2.95. The van der Waals surface area contributed by atoms with Crippen molar-refractivity contribution < 1.29 is 9.53 Å². The predicted molar refractivity (Wildman–Crippen MR) is 65.4 cm³/mol. The summed E-state index contributed by atoms with van der Waals surface area (Å²) in [5.41, 5.74) is 0. The molecule has 0 heterocycles. The maximum absolute atomic E-state index is 10.8. The van der Waals surface area contributed by atoms with Crippen LogP contribution in [-0.2, 0) is 9.53 Å². The average Bonchev–Trinajstić information content (AvgIpc) is 2.26. The fourth-order valence-electron chi connectivity index (χ4n) is 1.43. The molecule has 0 bridgehead atoms. The summed E-state index contributed by atoms with van der Waals surface area (Å²) in [6.45, 7) is 2.30. The van der Waals surface area contributed by atoms with Gasteiger partial charge in [0.2, 0.25) is 0 Å².